The Kier molecular flexibility index (Phi) is 6.39. The summed E-state index contributed by atoms with van der Waals surface area (Å²) in [6.07, 6.45) is 0. The van der Waals surface area contributed by atoms with Gasteiger partial charge in [-0.1, -0.05) is 37.0 Å². The molecule has 0 spiro atoms. The van der Waals surface area contributed by atoms with Crippen molar-refractivity contribution in [3.63, 3.8) is 0 Å². The summed E-state index contributed by atoms with van der Waals surface area (Å²) in [5, 5.41) is 3.36. The molecule has 1 atom stereocenters. The molecule has 2 nitrogen and oxygen atoms in total. The fourth-order valence-corrected chi connectivity index (χ4v) is 1.74. The predicted octanol–water partition coefficient (Wildman–Crippen LogP) is 1.83. The van der Waals surface area contributed by atoms with Crippen molar-refractivity contribution in [3.05, 3.63) is 35.9 Å². The lowest BCUT2D eigenvalue weighted by Gasteiger charge is -2.16. The Balaban J connectivity index is 2.18. The van der Waals surface area contributed by atoms with Crippen molar-refractivity contribution in [2.45, 2.75) is 6.92 Å². The number of hydrogen-bond donors (Lipinski definition) is 1. The van der Waals surface area contributed by atoms with E-state index >= 15 is 0 Å². The first-order valence-corrected chi connectivity index (χ1v) is 6.08. The zero-order chi connectivity index (χ0) is 12.5. The van der Waals surface area contributed by atoms with Crippen LogP contribution < -0.4 is 5.32 Å². The van der Waals surface area contributed by atoms with Crippen LogP contribution in [0, 0.1) is 17.8 Å². The molecule has 0 aliphatic heterocycles. The van der Waals surface area contributed by atoms with Crippen LogP contribution in [0.15, 0.2) is 30.3 Å². The van der Waals surface area contributed by atoms with E-state index in [9.17, 15) is 0 Å². The predicted molar refractivity (Wildman–Crippen MR) is 73.9 cm³/mol. The van der Waals surface area contributed by atoms with Crippen LogP contribution in [0.4, 0.5) is 0 Å². The summed E-state index contributed by atoms with van der Waals surface area (Å²) >= 11 is 0. The first-order valence-electron chi connectivity index (χ1n) is 6.08. The fourth-order valence-electron chi connectivity index (χ4n) is 1.74. The molecular weight excluding hydrogens is 208 g/mol. The van der Waals surface area contributed by atoms with Gasteiger partial charge in [0, 0.05) is 12.1 Å². The van der Waals surface area contributed by atoms with E-state index in [-0.39, 0.29) is 0 Å². The Morgan fingerprint density at radius 2 is 1.94 bits per heavy atom. The van der Waals surface area contributed by atoms with E-state index < -0.39 is 0 Å². The van der Waals surface area contributed by atoms with Crippen molar-refractivity contribution in [2.75, 3.05) is 33.7 Å². The maximum atomic E-state index is 3.36. The van der Waals surface area contributed by atoms with Gasteiger partial charge in [-0.3, -0.25) is 0 Å². The minimum atomic E-state index is 0.656. The van der Waals surface area contributed by atoms with Crippen LogP contribution in [0.25, 0.3) is 0 Å². The Morgan fingerprint density at radius 3 is 2.59 bits per heavy atom. The summed E-state index contributed by atoms with van der Waals surface area (Å²) in [4.78, 5) is 2.21. The number of rotatable bonds is 5. The smallest absolute Gasteiger partial charge is 0.0580 e. The molecule has 0 bridgehead atoms. The van der Waals surface area contributed by atoms with Gasteiger partial charge in [0.2, 0.25) is 0 Å². The molecule has 17 heavy (non-hydrogen) atoms. The molecule has 0 saturated carbocycles. The molecule has 1 aromatic rings. The molecule has 1 aromatic carbocycles. The molecule has 1 unspecified atom stereocenters. The Labute approximate surface area is 105 Å². The highest BCUT2D eigenvalue weighted by Crippen LogP contribution is 1.95. The molecule has 1 N–H and O–H groups in total. The van der Waals surface area contributed by atoms with Gasteiger partial charge in [0.15, 0.2) is 0 Å². The van der Waals surface area contributed by atoms with Crippen LogP contribution >= 0.6 is 0 Å². The zero-order valence-corrected chi connectivity index (χ0v) is 11.0. The summed E-state index contributed by atoms with van der Waals surface area (Å²) in [6, 6.07) is 10.1. The van der Waals surface area contributed by atoms with Crippen LogP contribution in [0.1, 0.15) is 12.5 Å². The summed E-state index contributed by atoms with van der Waals surface area (Å²) in [6.45, 7) is 5.13. The van der Waals surface area contributed by atoms with Crippen molar-refractivity contribution in [1.82, 2.24) is 10.2 Å². The van der Waals surface area contributed by atoms with E-state index in [2.05, 4.69) is 43.1 Å². The molecule has 92 valence electrons. The van der Waals surface area contributed by atoms with Gasteiger partial charge >= 0.3 is 0 Å². The molecule has 1 rings (SSSR count). The molecule has 0 fully saturated rings. The van der Waals surface area contributed by atoms with Gasteiger partial charge in [0.05, 0.1) is 6.54 Å². The molecule has 0 aromatic heterocycles. The number of nitrogens with one attached hydrogen (secondary N) is 1. The second kappa shape index (κ2) is 7.89. The normalized spacial score (nSPS) is 12.0. The maximum absolute atomic E-state index is 3.36. The van der Waals surface area contributed by atoms with E-state index in [4.69, 9.17) is 0 Å². The van der Waals surface area contributed by atoms with Crippen LogP contribution in [0.2, 0.25) is 0 Å². The lowest BCUT2D eigenvalue weighted by molar-refractivity contribution is 0.333. The zero-order valence-electron chi connectivity index (χ0n) is 11.0. The lowest BCUT2D eigenvalue weighted by atomic mass is 10.2. The van der Waals surface area contributed by atoms with Crippen LogP contribution in [0.5, 0.6) is 0 Å². The van der Waals surface area contributed by atoms with E-state index in [1.165, 1.54) is 0 Å². The Morgan fingerprint density at radius 1 is 1.24 bits per heavy atom. The fraction of sp³-hybridized carbons (Fsp3) is 0.467. The monoisotopic (exact) mass is 230 g/mol. The van der Waals surface area contributed by atoms with Crippen molar-refractivity contribution >= 4 is 0 Å². The second-order valence-electron chi connectivity index (χ2n) is 4.67. The average Bonchev–Trinajstić information content (AvgIpc) is 2.29. The first kappa shape index (κ1) is 13.8. The Bertz CT molecular complexity index is 360. The van der Waals surface area contributed by atoms with Gasteiger partial charge in [0.25, 0.3) is 0 Å². The summed E-state index contributed by atoms with van der Waals surface area (Å²) in [7, 11) is 4.21. The second-order valence-corrected chi connectivity index (χ2v) is 4.67. The summed E-state index contributed by atoms with van der Waals surface area (Å²) < 4.78 is 0. The Hall–Kier alpha value is -1.30. The minimum absolute atomic E-state index is 0.656. The first-order chi connectivity index (χ1) is 8.18. The summed E-state index contributed by atoms with van der Waals surface area (Å²) in [5.74, 6) is 6.93. The minimum Gasteiger partial charge on any atom is -0.309 e. The molecule has 0 aliphatic carbocycles. The van der Waals surface area contributed by atoms with E-state index in [1.54, 1.807) is 0 Å². The topological polar surface area (TPSA) is 15.3 Å². The molecule has 0 heterocycles. The largest absolute Gasteiger partial charge is 0.309 e. The summed E-state index contributed by atoms with van der Waals surface area (Å²) in [5.41, 5.74) is 1.08. The van der Waals surface area contributed by atoms with Crippen molar-refractivity contribution in [2.24, 2.45) is 5.92 Å². The third kappa shape index (κ3) is 6.78. The van der Waals surface area contributed by atoms with Gasteiger partial charge in [-0.15, -0.1) is 0 Å². The van der Waals surface area contributed by atoms with Crippen LogP contribution in [0.3, 0.4) is 0 Å². The van der Waals surface area contributed by atoms with E-state index in [0.29, 0.717) is 5.92 Å². The van der Waals surface area contributed by atoms with E-state index in [0.717, 1.165) is 25.2 Å². The van der Waals surface area contributed by atoms with Crippen molar-refractivity contribution in [3.8, 4) is 11.8 Å². The lowest BCUT2D eigenvalue weighted by Crippen LogP contribution is -2.29. The van der Waals surface area contributed by atoms with Crippen molar-refractivity contribution in [1.29, 1.82) is 0 Å². The maximum Gasteiger partial charge on any atom is 0.0580 e. The SMILES string of the molecule is CC(CNCC#Cc1ccccc1)CN(C)C. The third-order valence-corrected chi connectivity index (χ3v) is 2.39. The highest BCUT2D eigenvalue weighted by atomic mass is 15.1. The molecule has 2 heteroatoms. The van der Waals surface area contributed by atoms with Crippen molar-refractivity contribution < 1.29 is 0 Å². The average molecular weight is 230 g/mol. The van der Waals surface area contributed by atoms with Crippen LogP contribution in [-0.2, 0) is 0 Å². The van der Waals surface area contributed by atoms with Gasteiger partial charge in [-0.2, -0.15) is 0 Å². The standard InChI is InChI=1S/C15H22N2/c1-14(13-17(2)3)12-16-11-7-10-15-8-5-4-6-9-15/h4-6,8-9,14,16H,11-13H2,1-3H3. The van der Waals surface area contributed by atoms with Gasteiger partial charge in [-0.05, 0) is 38.7 Å². The molecule has 0 amide bonds. The van der Waals surface area contributed by atoms with Gasteiger partial charge in [-0.25, -0.2) is 0 Å². The molecule has 0 radical (unpaired) electrons. The van der Waals surface area contributed by atoms with Gasteiger partial charge in [0.1, 0.15) is 0 Å². The molecule has 0 saturated heterocycles. The van der Waals surface area contributed by atoms with Gasteiger partial charge < -0.3 is 10.2 Å². The number of hydrogen-bond acceptors (Lipinski definition) is 2. The number of benzene rings is 1. The highest BCUT2D eigenvalue weighted by molar-refractivity contribution is 5.33. The highest BCUT2D eigenvalue weighted by Gasteiger charge is 2.01. The quantitative estimate of drug-likeness (QED) is 0.613. The molecule has 0 aliphatic rings. The van der Waals surface area contributed by atoms with Crippen LogP contribution in [-0.4, -0.2) is 38.6 Å². The molecular formula is C15H22N2. The van der Waals surface area contributed by atoms with E-state index in [1.807, 2.05) is 30.3 Å². The third-order valence-electron chi connectivity index (χ3n) is 2.39. The number of nitrogens with zero attached hydrogens (tertiary/aromatic N) is 1.